The van der Waals surface area contributed by atoms with E-state index in [9.17, 15) is 0 Å². The van der Waals surface area contributed by atoms with E-state index in [2.05, 4.69) is 199 Å². The van der Waals surface area contributed by atoms with Crippen LogP contribution in [0.1, 0.15) is 89.7 Å². The van der Waals surface area contributed by atoms with Crippen LogP contribution in [0.25, 0.3) is 93.9 Å². The van der Waals surface area contributed by atoms with Gasteiger partial charge in [0.25, 0.3) is 0 Å². The number of furan rings is 1. The molecule has 0 N–H and O–H groups in total. The Morgan fingerprint density at radius 1 is 0.662 bits per heavy atom. The Labute approximate surface area is 435 Å². The molecule has 1 atom stereocenters. The quantitative estimate of drug-likeness (QED) is 0.0861. The molecule has 1 unspecified atom stereocenters. The van der Waals surface area contributed by atoms with Gasteiger partial charge in [-0.1, -0.05) is 101 Å². The minimum absolute atomic E-state index is 0. The second kappa shape index (κ2) is 19.6. The summed E-state index contributed by atoms with van der Waals surface area (Å²) in [5.41, 5.74) is 13.2. The summed E-state index contributed by atoms with van der Waals surface area (Å²) >= 11 is -1.86. The normalized spacial score (nSPS) is 12.6. The molecule has 11 rings (SSSR count). The number of nitrogens with zero attached hydrogens (tertiary/aromatic N) is 5. The predicted octanol–water partition coefficient (Wildman–Crippen LogP) is 16.5. The molecule has 71 heavy (non-hydrogen) atoms. The molecule has 6 nitrogen and oxygen atoms in total. The summed E-state index contributed by atoms with van der Waals surface area (Å²) in [5, 5.41) is 7.93. The third kappa shape index (κ3) is 9.38. The van der Waals surface area contributed by atoms with Gasteiger partial charge in [-0.05, 0) is 76.4 Å². The van der Waals surface area contributed by atoms with Gasteiger partial charge >= 0.3 is 126 Å². The predicted molar refractivity (Wildman–Crippen MR) is 297 cm³/mol. The largest absolute Gasteiger partial charge is 0.486 e. The zero-order valence-electron chi connectivity index (χ0n) is 43.1. The SMILES string of the molecule is CC(C)Cc1cc(-c2[c-]cccc2)nc[c]1[Ge]([CH3])([CH3])[CH3].Cc1ccc2c(ccc3nc(-c4[c-]ccc5c4oc4nc(C(C)C(C)(C)C)ccc45)n(-c4c(C(C)C)c5ccccc5c5ccccc45)c32)n1.[Ir]. The van der Waals surface area contributed by atoms with E-state index in [1.54, 1.807) is 4.40 Å². The third-order valence-electron chi connectivity index (χ3n) is 14.1. The van der Waals surface area contributed by atoms with Crippen molar-refractivity contribution in [2.75, 3.05) is 0 Å². The molecule has 0 saturated heterocycles. The summed E-state index contributed by atoms with van der Waals surface area (Å²) in [6, 6.07) is 51.6. The van der Waals surface area contributed by atoms with Crippen LogP contribution in [0.2, 0.25) is 17.3 Å². The van der Waals surface area contributed by atoms with Crippen LogP contribution in [0.15, 0.2) is 138 Å². The van der Waals surface area contributed by atoms with Gasteiger partial charge in [0.1, 0.15) is 0 Å². The molecule has 5 aromatic heterocycles. The van der Waals surface area contributed by atoms with Crippen molar-refractivity contribution >= 4 is 83.2 Å². The van der Waals surface area contributed by atoms with Gasteiger partial charge in [-0.2, -0.15) is 0 Å². The summed E-state index contributed by atoms with van der Waals surface area (Å²) in [6.07, 6.45) is 3.27. The Hall–Kier alpha value is -5.99. The second-order valence-electron chi connectivity index (χ2n) is 22.0. The molecule has 0 saturated carbocycles. The van der Waals surface area contributed by atoms with Gasteiger partial charge < -0.3 is 8.98 Å². The Bertz CT molecular complexity index is 3760. The number of imidazole rings is 1. The first-order valence-electron chi connectivity index (χ1n) is 24.9. The fourth-order valence-corrected chi connectivity index (χ4v) is 13.5. The molecule has 361 valence electrons. The van der Waals surface area contributed by atoms with Crippen molar-refractivity contribution in [1.82, 2.24) is 24.5 Å². The van der Waals surface area contributed by atoms with E-state index < -0.39 is 13.3 Å². The van der Waals surface area contributed by atoms with Crippen molar-refractivity contribution in [3.8, 4) is 28.3 Å². The monoisotopic (exact) mass is 1170 g/mol. The van der Waals surface area contributed by atoms with Gasteiger partial charge in [-0.3, -0.25) is 9.97 Å². The van der Waals surface area contributed by atoms with Gasteiger partial charge in [-0.25, -0.2) is 4.98 Å². The van der Waals surface area contributed by atoms with Crippen LogP contribution in [0.3, 0.4) is 0 Å². The topological polar surface area (TPSA) is 69.6 Å². The van der Waals surface area contributed by atoms with Gasteiger partial charge in [-0.15, -0.1) is 18.2 Å². The summed E-state index contributed by atoms with van der Waals surface area (Å²) in [6.45, 7) is 20.2. The zero-order valence-corrected chi connectivity index (χ0v) is 47.6. The number of benzene rings is 6. The summed E-state index contributed by atoms with van der Waals surface area (Å²) in [5.74, 6) is 9.26. The molecule has 0 bridgehead atoms. The van der Waals surface area contributed by atoms with Crippen molar-refractivity contribution in [3.05, 3.63) is 168 Å². The Kier molecular flexibility index (Phi) is 13.8. The van der Waals surface area contributed by atoms with Crippen LogP contribution in [-0.2, 0) is 26.5 Å². The van der Waals surface area contributed by atoms with Crippen LogP contribution in [0.4, 0.5) is 0 Å². The Morgan fingerprint density at radius 3 is 2.01 bits per heavy atom. The van der Waals surface area contributed by atoms with Crippen LogP contribution in [-0.4, -0.2) is 37.8 Å². The van der Waals surface area contributed by atoms with E-state index in [1.807, 2.05) is 31.2 Å². The van der Waals surface area contributed by atoms with Crippen LogP contribution in [0, 0.1) is 30.4 Å². The van der Waals surface area contributed by atoms with Crippen LogP contribution >= 0.6 is 0 Å². The minimum atomic E-state index is -1.86. The van der Waals surface area contributed by atoms with Gasteiger partial charge in [0, 0.05) is 53.6 Å². The third-order valence-corrected chi connectivity index (χ3v) is 18.4. The zero-order chi connectivity index (χ0) is 49.2. The molecular weight excluding hydrogens is 1110 g/mol. The number of rotatable bonds is 8. The Balaban J connectivity index is 0.000000251. The number of fused-ring (bicyclic) bond motifs is 9. The first-order chi connectivity index (χ1) is 33.5. The van der Waals surface area contributed by atoms with Crippen LogP contribution < -0.4 is 4.40 Å². The molecule has 6 aromatic carbocycles. The summed E-state index contributed by atoms with van der Waals surface area (Å²) in [4.78, 5) is 20.2. The number of aromatic nitrogens is 5. The van der Waals surface area contributed by atoms with Gasteiger partial charge in [0.15, 0.2) is 0 Å². The number of hydrogen-bond acceptors (Lipinski definition) is 5. The standard InChI is InChI=1S/C45H39N4O.C18H24GeN.Ir/c1-25(2)39-30-15-10-8-13-28(30)29-14-9-11-16-31(29)41(39)49-40-34-20-19-26(3)46-37(34)23-24-38(40)47-43(49)35-18-12-17-32-33-21-22-36(27(4)45(5,6)7)48-44(33)50-42(32)35;1-14(2)11-16-12-18(15-9-7-6-8-10-15)20-13-17(16)19(3,4)5;/h8-17,19-25,27H,1-7H3;6-9,12-14H,11H2,1-5H3;/q2*-1;. The first-order valence-corrected chi connectivity index (χ1v) is 32.3. The molecular formula is C63H63GeIrN5O-2. The van der Waals surface area contributed by atoms with E-state index in [4.69, 9.17) is 24.4 Å². The number of hydrogen-bond donors (Lipinski definition) is 0. The molecule has 0 aliphatic heterocycles. The van der Waals surface area contributed by atoms with E-state index >= 15 is 0 Å². The molecule has 5 heterocycles. The summed E-state index contributed by atoms with van der Waals surface area (Å²) in [7, 11) is 0. The van der Waals surface area contributed by atoms with Crippen molar-refractivity contribution in [2.45, 2.75) is 97.8 Å². The number of pyridine rings is 3. The smallest absolute Gasteiger partial charge is 0.216 e. The fourth-order valence-electron chi connectivity index (χ4n) is 10.2. The van der Waals surface area contributed by atoms with E-state index in [-0.39, 0.29) is 37.4 Å². The average Bonchev–Trinajstić information content (AvgIpc) is 3.91. The molecule has 0 aliphatic rings. The maximum Gasteiger partial charge on any atom is 0.216 e. The van der Waals surface area contributed by atoms with E-state index in [0.717, 1.165) is 84.4 Å². The van der Waals surface area contributed by atoms with E-state index in [0.29, 0.717) is 11.6 Å². The molecule has 0 spiro atoms. The molecule has 0 fully saturated rings. The van der Waals surface area contributed by atoms with Crippen molar-refractivity contribution in [2.24, 2.45) is 11.3 Å². The molecule has 0 amide bonds. The first kappa shape index (κ1) is 50.0. The Morgan fingerprint density at radius 2 is 1.34 bits per heavy atom. The van der Waals surface area contributed by atoms with Crippen molar-refractivity contribution in [3.63, 3.8) is 0 Å². The number of aryl methyl sites for hydroxylation is 1. The fraction of sp³-hybridized carbons (Fsp3) is 0.270. The van der Waals surface area contributed by atoms with Crippen LogP contribution in [0.5, 0.6) is 0 Å². The maximum atomic E-state index is 6.76. The van der Waals surface area contributed by atoms with Gasteiger partial charge in [0.05, 0.1) is 33.6 Å². The second-order valence-corrected chi connectivity index (χ2v) is 32.5. The van der Waals surface area contributed by atoms with Crippen molar-refractivity contribution in [1.29, 1.82) is 0 Å². The minimum Gasteiger partial charge on any atom is -0.486 e. The molecule has 0 aliphatic carbocycles. The molecule has 8 heteroatoms. The molecule has 1 radical (unpaired) electrons. The summed E-state index contributed by atoms with van der Waals surface area (Å²) < 4.78 is 10.7. The average molecular weight is 1170 g/mol. The molecule has 11 aromatic rings. The van der Waals surface area contributed by atoms with Crippen molar-refractivity contribution < 1.29 is 24.5 Å². The van der Waals surface area contributed by atoms with Gasteiger partial charge in [0.2, 0.25) is 5.71 Å². The van der Waals surface area contributed by atoms with E-state index in [1.165, 1.54) is 32.7 Å². The maximum absolute atomic E-state index is 6.76.